The predicted molar refractivity (Wildman–Crippen MR) is 71.1 cm³/mol. The predicted octanol–water partition coefficient (Wildman–Crippen LogP) is 1.61. The summed E-state index contributed by atoms with van der Waals surface area (Å²) < 4.78 is 5.41. The molecule has 2 aliphatic rings. The molecular formula is C14H26N2O2. The third kappa shape index (κ3) is 2.86. The fourth-order valence-corrected chi connectivity index (χ4v) is 2.96. The molecule has 0 aliphatic carbocycles. The fourth-order valence-electron chi connectivity index (χ4n) is 2.96. The van der Waals surface area contributed by atoms with Crippen LogP contribution in [0.5, 0.6) is 0 Å². The first-order chi connectivity index (χ1) is 8.63. The summed E-state index contributed by atoms with van der Waals surface area (Å²) in [6.45, 7) is 9.01. The topological polar surface area (TPSA) is 41.6 Å². The Morgan fingerprint density at radius 3 is 2.83 bits per heavy atom. The number of ether oxygens (including phenoxy) is 1. The molecule has 104 valence electrons. The van der Waals surface area contributed by atoms with Crippen LogP contribution >= 0.6 is 0 Å². The molecule has 2 fully saturated rings. The van der Waals surface area contributed by atoms with Gasteiger partial charge in [-0.3, -0.25) is 10.1 Å². The summed E-state index contributed by atoms with van der Waals surface area (Å²) in [6.07, 6.45) is 3.29. The lowest BCUT2D eigenvalue weighted by atomic mass is 10.1. The van der Waals surface area contributed by atoms with Crippen molar-refractivity contribution >= 4 is 5.91 Å². The maximum Gasteiger partial charge on any atom is 0.241 e. The van der Waals surface area contributed by atoms with E-state index in [1.165, 1.54) is 0 Å². The van der Waals surface area contributed by atoms with Gasteiger partial charge in [0.25, 0.3) is 0 Å². The lowest BCUT2D eigenvalue weighted by Crippen LogP contribution is -2.43. The summed E-state index contributed by atoms with van der Waals surface area (Å²) in [4.78, 5) is 14.5. The van der Waals surface area contributed by atoms with Crippen LogP contribution in [0.1, 0.15) is 40.0 Å². The lowest BCUT2D eigenvalue weighted by Gasteiger charge is -2.29. The molecule has 0 saturated carbocycles. The van der Waals surface area contributed by atoms with E-state index in [0.717, 1.165) is 39.0 Å². The molecule has 0 aromatic carbocycles. The molecule has 1 N–H and O–H groups in total. The highest BCUT2D eigenvalue weighted by Gasteiger charge is 2.40. The number of carbonyl (C=O) groups excluding carboxylic acids is 1. The number of rotatable bonds is 5. The van der Waals surface area contributed by atoms with Crippen LogP contribution in [0.15, 0.2) is 0 Å². The second kappa shape index (κ2) is 6.02. The fraction of sp³-hybridized carbons (Fsp3) is 0.929. The summed E-state index contributed by atoms with van der Waals surface area (Å²) in [5.41, 5.74) is 0. The highest BCUT2D eigenvalue weighted by atomic mass is 16.5. The second-order valence-corrected chi connectivity index (χ2v) is 5.92. The third-order valence-electron chi connectivity index (χ3n) is 3.98. The van der Waals surface area contributed by atoms with Crippen molar-refractivity contribution in [3.05, 3.63) is 0 Å². The Morgan fingerprint density at radius 2 is 2.28 bits per heavy atom. The van der Waals surface area contributed by atoms with Crippen molar-refractivity contribution in [1.29, 1.82) is 0 Å². The number of hydrogen-bond acceptors (Lipinski definition) is 3. The monoisotopic (exact) mass is 254 g/mol. The molecule has 0 spiro atoms. The van der Waals surface area contributed by atoms with Gasteiger partial charge in [-0.2, -0.15) is 0 Å². The van der Waals surface area contributed by atoms with Gasteiger partial charge in [0, 0.05) is 19.1 Å². The van der Waals surface area contributed by atoms with Crippen LogP contribution in [-0.4, -0.2) is 42.8 Å². The zero-order valence-electron chi connectivity index (χ0n) is 11.8. The summed E-state index contributed by atoms with van der Waals surface area (Å²) in [7, 11) is 0. The maximum absolute atomic E-state index is 12.4. The van der Waals surface area contributed by atoms with Gasteiger partial charge in [0.1, 0.15) is 0 Å². The minimum Gasteiger partial charge on any atom is -0.381 e. The Balaban J connectivity index is 2.01. The summed E-state index contributed by atoms with van der Waals surface area (Å²) in [5.74, 6) is 1.28. The van der Waals surface area contributed by atoms with E-state index in [4.69, 9.17) is 4.74 Å². The summed E-state index contributed by atoms with van der Waals surface area (Å²) in [5, 5.41) is 3.50. The standard InChI is InChI=1S/C14H26N2O2/c1-4-5-12-14(17)16(13(15-12)10(2)3)8-11-6-7-18-9-11/h10-13,15H,4-9H2,1-3H3. The first-order valence-corrected chi connectivity index (χ1v) is 7.27. The van der Waals surface area contributed by atoms with E-state index in [2.05, 4.69) is 31.0 Å². The molecule has 2 rings (SSSR count). The maximum atomic E-state index is 12.4. The average Bonchev–Trinajstić information content (AvgIpc) is 2.92. The summed E-state index contributed by atoms with van der Waals surface area (Å²) in [6, 6.07) is 0.0321. The Bertz CT molecular complexity index is 288. The zero-order chi connectivity index (χ0) is 13.1. The highest BCUT2D eigenvalue weighted by molar-refractivity contribution is 5.84. The van der Waals surface area contributed by atoms with Crippen LogP contribution < -0.4 is 5.32 Å². The van der Waals surface area contributed by atoms with Gasteiger partial charge in [0.05, 0.1) is 18.8 Å². The van der Waals surface area contributed by atoms with E-state index in [1.54, 1.807) is 0 Å². The van der Waals surface area contributed by atoms with Gasteiger partial charge in [-0.25, -0.2) is 0 Å². The van der Waals surface area contributed by atoms with Crippen LogP contribution in [0.3, 0.4) is 0 Å². The Kier molecular flexibility index (Phi) is 4.62. The Labute approximate surface area is 110 Å². The van der Waals surface area contributed by atoms with E-state index < -0.39 is 0 Å². The Morgan fingerprint density at radius 1 is 1.50 bits per heavy atom. The molecule has 18 heavy (non-hydrogen) atoms. The molecule has 0 radical (unpaired) electrons. The third-order valence-corrected chi connectivity index (χ3v) is 3.98. The average molecular weight is 254 g/mol. The summed E-state index contributed by atoms with van der Waals surface area (Å²) >= 11 is 0. The first-order valence-electron chi connectivity index (χ1n) is 7.27. The van der Waals surface area contributed by atoms with Gasteiger partial charge in [-0.1, -0.05) is 27.2 Å². The molecule has 4 nitrogen and oxygen atoms in total. The molecule has 3 unspecified atom stereocenters. The number of amides is 1. The van der Waals surface area contributed by atoms with Gasteiger partial charge in [-0.15, -0.1) is 0 Å². The van der Waals surface area contributed by atoms with Crippen molar-refractivity contribution in [2.45, 2.75) is 52.2 Å². The molecule has 0 bridgehead atoms. The number of nitrogens with zero attached hydrogens (tertiary/aromatic N) is 1. The number of carbonyl (C=O) groups is 1. The van der Waals surface area contributed by atoms with Gasteiger partial charge in [0.2, 0.25) is 5.91 Å². The van der Waals surface area contributed by atoms with Crippen LogP contribution in [-0.2, 0) is 9.53 Å². The van der Waals surface area contributed by atoms with Gasteiger partial charge < -0.3 is 9.64 Å². The van der Waals surface area contributed by atoms with E-state index in [1.807, 2.05) is 0 Å². The molecule has 2 heterocycles. The van der Waals surface area contributed by atoms with Gasteiger partial charge >= 0.3 is 0 Å². The smallest absolute Gasteiger partial charge is 0.241 e. The normalized spacial score (nSPS) is 32.8. The molecule has 1 amide bonds. The van der Waals surface area contributed by atoms with Crippen molar-refractivity contribution in [3.63, 3.8) is 0 Å². The minimum absolute atomic E-state index is 0.0321. The van der Waals surface area contributed by atoms with Crippen molar-refractivity contribution < 1.29 is 9.53 Å². The van der Waals surface area contributed by atoms with Gasteiger partial charge in [-0.05, 0) is 18.8 Å². The molecule has 3 atom stereocenters. The number of nitrogens with one attached hydrogen (secondary N) is 1. The Hall–Kier alpha value is -0.610. The second-order valence-electron chi connectivity index (χ2n) is 5.92. The van der Waals surface area contributed by atoms with E-state index in [-0.39, 0.29) is 12.2 Å². The molecule has 2 saturated heterocycles. The molecule has 0 aromatic heterocycles. The van der Waals surface area contributed by atoms with Crippen molar-refractivity contribution in [2.24, 2.45) is 11.8 Å². The van der Waals surface area contributed by atoms with E-state index in [0.29, 0.717) is 17.7 Å². The van der Waals surface area contributed by atoms with E-state index >= 15 is 0 Å². The molecule has 4 heteroatoms. The molecular weight excluding hydrogens is 228 g/mol. The number of hydrogen-bond donors (Lipinski definition) is 1. The van der Waals surface area contributed by atoms with E-state index in [9.17, 15) is 4.79 Å². The SMILES string of the molecule is CCCC1NC(C(C)C)N(CC2CCOC2)C1=O. The van der Waals surface area contributed by atoms with Crippen molar-refractivity contribution in [3.8, 4) is 0 Å². The van der Waals surface area contributed by atoms with Crippen LogP contribution in [0.25, 0.3) is 0 Å². The zero-order valence-corrected chi connectivity index (χ0v) is 11.8. The minimum atomic E-state index is 0.0321. The van der Waals surface area contributed by atoms with Crippen LogP contribution in [0, 0.1) is 11.8 Å². The highest BCUT2D eigenvalue weighted by Crippen LogP contribution is 2.23. The van der Waals surface area contributed by atoms with Crippen molar-refractivity contribution in [1.82, 2.24) is 10.2 Å². The van der Waals surface area contributed by atoms with Gasteiger partial charge in [0.15, 0.2) is 0 Å². The van der Waals surface area contributed by atoms with Crippen molar-refractivity contribution in [2.75, 3.05) is 19.8 Å². The quantitative estimate of drug-likeness (QED) is 0.810. The molecule has 2 aliphatic heterocycles. The van der Waals surface area contributed by atoms with Crippen LogP contribution in [0.2, 0.25) is 0 Å². The lowest BCUT2D eigenvalue weighted by molar-refractivity contribution is -0.131. The first kappa shape index (κ1) is 13.8. The largest absolute Gasteiger partial charge is 0.381 e. The molecule has 0 aromatic rings. The van der Waals surface area contributed by atoms with Crippen LogP contribution in [0.4, 0.5) is 0 Å².